The van der Waals surface area contributed by atoms with Crippen LogP contribution >= 0.6 is 0 Å². The van der Waals surface area contributed by atoms with Gasteiger partial charge in [0.25, 0.3) is 11.8 Å². The number of rotatable bonds is 9. The van der Waals surface area contributed by atoms with Crippen LogP contribution in [-0.2, 0) is 16.0 Å². The first-order chi connectivity index (χ1) is 21.8. The minimum Gasteiger partial charge on any atom is -0.480 e. The van der Waals surface area contributed by atoms with Gasteiger partial charge in [0.1, 0.15) is 17.4 Å². The Morgan fingerprint density at radius 1 is 0.870 bits per heavy atom. The Morgan fingerprint density at radius 2 is 1.57 bits per heavy atom. The number of aliphatic carboxylic acids is 1. The van der Waals surface area contributed by atoms with Gasteiger partial charge in [-0.15, -0.1) is 0 Å². The van der Waals surface area contributed by atoms with E-state index in [9.17, 15) is 19.5 Å². The Hall–Kier alpha value is -5.71. The second-order valence-corrected chi connectivity index (χ2v) is 11.9. The van der Waals surface area contributed by atoms with Crippen LogP contribution in [0, 0.1) is 13.8 Å². The number of carbonyl (C=O) groups is 3. The zero-order valence-electron chi connectivity index (χ0n) is 26.1. The number of carboxylic acid groups (broad SMARTS) is 1. The average Bonchev–Trinajstić information content (AvgIpc) is 3.67. The largest absolute Gasteiger partial charge is 0.480 e. The molecule has 5 aromatic rings. The van der Waals surface area contributed by atoms with E-state index in [4.69, 9.17) is 13.7 Å². The molecular weight excluding hydrogens is 588 g/mol. The van der Waals surface area contributed by atoms with E-state index in [1.54, 1.807) is 57.2 Å². The van der Waals surface area contributed by atoms with Gasteiger partial charge in [0, 0.05) is 28.8 Å². The summed E-state index contributed by atoms with van der Waals surface area (Å²) >= 11 is 0. The molecule has 0 saturated carbocycles. The van der Waals surface area contributed by atoms with Crippen molar-refractivity contribution in [3.63, 3.8) is 0 Å². The van der Waals surface area contributed by atoms with Crippen molar-refractivity contribution >= 4 is 23.7 Å². The van der Waals surface area contributed by atoms with Gasteiger partial charge < -0.3 is 24.1 Å². The molecule has 5 rings (SSSR count). The molecule has 0 aliphatic heterocycles. The number of hydrogen-bond donors (Lipinski definition) is 3. The summed E-state index contributed by atoms with van der Waals surface area (Å²) in [6.07, 6.45) is -0.550. The number of anilines is 1. The molecule has 3 aromatic carbocycles. The third-order valence-corrected chi connectivity index (χ3v) is 6.81. The Morgan fingerprint density at radius 3 is 2.24 bits per heavy atom. The normalized spacial score (nSPS) is 11.9. The molecule has 0 radical (unpaired) electrons. The Bertz CT molecular complexity index is 1870. The van der Waals surface area contributed by atoms with E-state index < -0.39 is 29.6 Å². The predicted molar refractivity (Wildman–Crippen MR) is 171 cm³/mol. The lowest BCUT2D eigenvalue weighted by Crippen LogP contribution is -2.42. The molecule has 11 nitrogen and oxygen atoms in total. The molecule has 1 atom stereocenters. The number of furan rings is 1. The lowest BCUT2D eigenvalue weighted by Gasteiger charge is -2.19. The monoisotopic (exact) mass is 622 g/mol. The van der Waals surface area contributed by atoms with E-state index in [0.29, 0.717) is 34.0 Å². The standard InChI is InChI=1S/C35H34N4O7/c1-20-6-8-23(9-7-20)28-14-15-29(44-28)31(40)37-27(33(41)42)19-22-16-21(2)17-25(18-22)30-38-32(46-39-30)24-10-12-26(13-11-24)36-34(43)45-35(3,4)5/h6-18,27H,19H2,1-5H3,(H,36,43)(H,37,40)(H,41,42). The second-order valence-electron chi connectivity index (χ2n) is 11.9. The fraction of sp³-hybridized carbons (Fsp3) is 0.229. The van der Waals surface area contributed by atoms with Crippen molar-refractivity contribution in [3.8, 4) is 34.2 Å². The van der Waals surface area contributed by atoms with Crippen LogP contribution < -0.4 is 10.6 Å². The van der Waals surface area contributed by atoms with Crippen molar-refractivity contribution in [2.45, 2.75) is 52.7 Å². The number of amides is 2. The van der Waals surface area contributed by atoms with Gasteiger partial charge in [0.15, 0.2) is 5.76 Å². The van der Waals surface area contributed by atoms with E-state index in [1.807, 2.05) is 50.2 Å². The summed E-state index contributed by atoms with van der Waals surface area (Å²) in [6, 6.07) is 21.9. The Balaban J connectivity index is 1.27. The van der Waals surface area contributed by atoms with Gasteiger partial charge in [-0.05, 0) is 88.7 Å². The van der Waals surface area contributed by atoms with Crippen LogP contribution in [0.4, 0.5) is 10.5 Å². The molecule has 3 N–H and O–H groups in total. The highest BCUT2D eigenvalue weighted by molar-refractivity contribution is 5.95. The fourth-order valence-electron chi connectivity index (χ4n) is 4.68. The van der Waals surface area contributed by atoms with E-state index in [1.165, 1.54) is 6.07 Å². The number of ether oxygens (including phenoxy) is 1. The van der Waals surface area contributed by atoms with E-state index in [-0.39, 0.29) is 18.1 Å². The molecule has 0 aliphatic rings. The number of carbonyl (C=O) groups excluding carboxylic acids is 2. The first-order valence-electron chi connectivity index (χ1n) is 14.6. The smallest absolute Gasteiger partial charge is 0.412 e. The van der Waals surface area contributed by atoms with Crippen LogP contribution in [-0.4, -0.2) is 44.9 Å². The zero-order valence-corrected chi connectivity index (χ0v) is 26.1. The molecule has 46 heavy (non-hydrogen) atoms. The number of aryl methyl sites for hydroxylation is 2. The van der Waals surface area contributed by atoms with Crippen LogP contribution in [0.1, 0.15) is 48.0 Å². The van der Waals surface area contributed by atoms with Crippen molar-refractivity contribution in [2.75, 3.05) is 5.32 Å². The van der Waals surface area contributed by atoms with Crippen molar-refractivity contribution in [1.29, 1.82) is 0 Å². The predicted octanol–water partition coefficient (Wildman–Crippen LogP) is 7.05. The van der Waals surface area contributed by atoms with Gasteiger partial charge >= 0.3 is 12.1 Å². The van der Waals surface area contributed by atoms with Crippen molar-refractivity contribution in [2.24, 2.45) is 0 Å². The maximum absolute atomic E-state index is 12.9. The van der Waals surface area contributed by atoms with Crippen LogP contribution in [0.3, 0.4) is 0 Å². The number of hydrogen-bond acceptors (Lipinski definition) is 8. The first-order valence-corrected chi connectivity index (χ1v) is 14.6. The highest BCUT2D eigenvalue weighted by Gasteiger charge is 2.24. The first kappa shape index (κ1) is 31.7. The topological polar surface area (TPSA) is 157 Å². The van der Waals surface area contributed by atoms with Gasteiger partial charge in [-0.3, -0.25) is 10.1 Å². The maximum Gasteiger partial charge on any atom is 0.412 e. The van der Waals surface area contributed by atoms with Crippen LogP contribution in [0.5, 0.6) is 0 Å². The number of aromatic nitrogens is 2. The summed E-state index contributed by atoms with van der Waals surface area (Å²) in [5.41, 5.74) is 4.60. The molecule has 0 aliphatic carbocycles. The van der Waals surface area contributed by atoms with Crippen LogP contribution in [0.15, 0.2) is 87.8 Å². The van der Waals surface area contributed by atoms with E-state index in [0.717, 1.165) is 16.7 Å². The molecule has 2 aromatic heterocycles. The summed E-state index contributed by atoms with van der Waals surface area (Å²) in [4.78, 5) is 41.7. The molecule has 0 fully saturated rings. The third-order valence-electron chi connectivity index (χ3n) is 6.81. The lowest BCUT2D eigenvalue weighted by atomic mass is 10.00. The maximum atomic E-state index is 12.9. The van der Waals surface area contributed by atoms with Gasteiger partial charge in [-0.1, -0.05) is 46.6 Å². The second kappa shape index (κ2) is 13.1. The molecule has 236 valence electrons. The van der Waals surface area contributed by atoms with E-state index >= 15 is 0 Å². The van der Waals surface area contributed by atoms with Gasteiger partial charge in [0.05, 0.1) is 0 Å². The summed E-state index contributed by atoms with van der Waals surface area (Å²) in [7, 11) is 0. The minimum absolute atomic E-state index is 0.0120. The quantitative estimate of drug-likeness (QED) is 0.157. The number of carboxylic acids is 1. The average molecular weight is 623 g/mol. The Labute approximate surface area is 265 Å². The fourth-order valence-corrected chi connectivity index (χ4v) is 4.68. The molecule has 2 heterocycles. The zero-order chi connectivity index (χ0) is 33.0. The Kier molecular flexibility index (Phi) is 9.04. The highest BCUT2D eigenvalue weighted by atomic mass is 16.6. The molecule has 0 spiro atoms. The summed E-state index contributed by atoms with van der Waals surface area (Å²) in [6.45, 7) is 9.20. The van der Waals surface area contributed by atoms with Crippen LogP contribution in [0.25, 0.3) is 34.2 Å². The number of nitrogens with one attached hydrogen (secondary N) is 2. The third kappa shape index (κ3) is 8.06. The summed E-state index contributed by atoms with van der Waals surface area (Å²) in [5, 5.41) is 19.3. The molecule has 11 heteroatoms. The van der Waals surface area contributed by atoms with Gasteiger partial charge in [0.2, 0.25) is 5.82 Å². The van der Waals surface area contributed by atoms with Gasteiger partial charge in [-0.25, -0.2) is 9.59 Å². The lowest BCUT2D eigenvalue weighted by molar-refractivity contribution is -0.139. The van der Waals surface area contributed by atoms with Crippen molar-refractivity contribution in [3.05, 3.63) is 101 Å². The van der Waals surface area contributed by atoms with Gasteiger partial charge in [-0.2, -0.15) is 4.98 Å². The molecule has 1 unspecified atom stereocenters. The van der Waals surface area contributed by atoms with Crippen molar-refractivity contribution in [1.82, 2.24) is 15.5 Å². The SMILES string of the molecule is Cc1ccc(-c2ccc(C(=O)NC(Cc3cc(C)cc(-c4noc(-c5ccc(NC(=O)OC(C)(C)C)cc5)n4)c3)C(=O)O)o2)cc1. The van der Waals surface area contributed by atoms with E-state index in [2.05, 4.69) is 20.8 Å². The number of nitrogens with zero attached hydrogens (tertiary/aromatic N) is 2. The highest BCUT2D eigenvalue weighted by Crippen LogP contribution is 2.26. The molecule has 0 bridgehead atoms. The molecular formula is C35H34N4O7. The minimum atomic E-state index is -1.22. The van der Waals surface area contributed by atoms with Crippen molar-refractivity contribution < 1.29 is 33.2 Å². The molecule has 0 saturated heterocycles. The van der Waals surface area contributed by atoms with Crippen LogP contribution in [0.2, 0.25) is 0 Å². The number of benzene rings is 3. The molecule has 2 amide bonds. The summed E-state index contributed by atoms with van der Waals surface area (Å²) in [5.74, 6) is -0.720. The summed E-state index contributed by atoms with van der Waals surface area (Å²) < 4.78 is 16.5.